The highest BCUT2D eigenvalue weighted by Crippen LogP contribution is 2.53. The van der Waals surface area contributed by atoms with E-state index in [1.165, 1.54) is 98.2 Å². The Labute approximate surface area is 395 Å². The predicted molar refractivity (Wildman–Crippen MR) is 288 cm³/mol. The predicted octanol–water partition coefficient (Wildman–Crippen LogP) is 14.2. The lowest BCUT2D eigenvalue weighted by molar-refractivity contribution is 0.491. The molecule has 0 spiro atoms. The Hall–Kier alpha value is -7.78. The Bertz CT molecular complexity index is 3420. The first-order valence-corrected chi connectivity index (χ1v) is 25.9. The summed E-state index contributed by atoms with van der Waals surface area (Å²) >= 11 is 0. The third-order valence-corrected chi connectivity index (χ3v) is 19.8. The van der Waals surface area contributed by atoms with E-state index in [9.17, 15) is 0 Å². The van der Waals surface area contributed by atoms with Crippen LogP contribution in [0, 0.1) is 0 Å². The van der Waals surface area contributed by atoms with E-state index >= 15 is 0 Å². The van der Waals surface area contributed by atoms with Crippen LogP contribution in [0.3, 0.4) is 0 Å². The fourth-order valence-electron chi connectivity index (χ4n) is 11.7. The van der Waals surface area contributed by atoms with E-state index in [1.54, 1.807) is 0 Å². The van der Waals surface area contributed by atoms with Gasteiger partial charge < -0.3 is 4.57 Å². The van der Waals surface area contributed by atoms with Crippen LogP contribution in [0.4, 0.5) is 0 Å². The molecule has 0 radical (unpaired) electrons. The molecule has 0 saturated heterocycles. The summed E-state index contributed by atoms with van der Waals surface area (Å²) < 4.78 is 2.47. The molecule has 1 heterocycles. The van der Waals surface area contributed by atoms with E-state index in [1.807, 2.05) is 0 Å². The SMILES string of the molecule is CCC1(CC)c2cc(-c3ccc4c(c3)c3ccccc3n4-c3cc(-c4ccccc4)cc(-c4ccccc4)c3)ccc2-c2ccc([Si](c3ccccc3)(c3ccccc3)c3ccccc3)cc21. The highest BCUT2D eigenvalue weighted by Gasteiger charge is 2.45. The molecule has 0 aliphatic heterocycles. The first-order chi connectivity index (χ1) is 33.1. The zero-order valence-corrected chi connectivity index (χ0v) is 39.0. The van der Waals surface area contributed by atoms with Gasteiger partial charge in [-0.05, 0) is 132 Å². The molecule has 0 fully saturated rings. The molecule has 11 aromatic rings. The van der Waals surface area contributed by atoms with Crippen LogP contribution in [-0.4, -0.2) is 12.6 Å². The highest BCUT2D eigenvalue weighted by atomic mass is 28.3. The van der Waals surface area contributed by atoms with Crippen LogP contribution < -0.4 is 20.7 Å². The summed E-state index contributed by atoms with van der Waals surface area (Å²) in [5.74, 6) is 0. The average molecular weight is 874 g/mol. The molecule has 12 rings (SSSR count). The maximum absolute atomic E-state index is 2.71. The van der Waals surface area contributed by atoms with Gasteiger partial charge in [0.15, 0.2) is 8.07 Å². The normalized spacial score (nSPS) is 12.9. The monoisotopic (exact) mass is 873 g/mol. The molecular formula is C65H51NSi. The Morgan fingerprint density at radius 2 is 0.776 bits per heavy atom. The van der Waals surface area contributed by atoms with Gasteiger partial charge in [-0.25, -0.2) is 0 Å². The first kappa shape index (κ1) is 40.7. The van der Waals surface area contributed by atoms with Crippen LogP contribution >= 0.6 is 0 Å². The summed E-state index contributed by atoms with van der Waals surface area (Å²) in [6, 6.07) is 93.5. The second-order valence-electron chi connectivity index (χ2n) is 18.2. The van der Waals surface area contributed by atoms with Crippen LogP contribution in [0.1, 0.15) is 37.8 Å². The Morgan fingerprint density at radius 1 is 0.328 bits per heavy atom. The number of hydrogen-bond acceptors (Lipinski definition) is 0. The minimum Gasteiger partial charge on any atom is -0.309 e. The molecule has 67 heavy (non-hydrogen) atoms. The number of rotatable bonds is 10. The number of nitrogens with zero attached hydrogens (tertiary/aromatic N) is 1. The topological polar surface area (TPSA) is 4.93 Å². The van der Waals surface area contributed by atoms with Crippen molar-refractivity contribution >= 4 is 50.6 Å². The van der Waals surface area contributed by atoms with E-state index in [4.69, 9.17) is 0 Å². The molecule has 0 amide bonds. The molecule has 1 nitrogen and oxygen atoms in total. The van der Waals surface area contributed by atoms with Crippen LogP contribution in [0.25, 0.3) is 72.0 Å². The Balaban J connectivity index is 1.00. The van der Waals surface area contributed by atoms with Gasteiger partial charge in [-0.15, -0.1) is 0 Å². The number of benzene rings is 10. The fraction of sp³-hybridized carbons (Fsp3) is 0.0769. The second kappa shape index (κ2) is 16.6. The van der Waals surface area contributed by atoms with Gasteiger partial charge in [0.1, 0.15) is 0 Å². The number of fused-ring (bicyclic) bond motifs is 6. The first-order valence-electron chi connectivity index (χ1n) is 23.9. The van der Waals surface area contributed by atoms with Crippen molar-refractivity contribution in [3.05, 3.63) is 260 Å². The lowest BCUT2D eigenvalue weighted by Gasteiger charge is -2.36. The van der Waals surface area contributed by atoms with Crippen molar-refractivity contribution < 1.29 is 0 Å². The van der Waals surface area contributed by atoms with Gasteiger partial charge in [-0.1, -0.05) is 220 Å². The van der Waals surface area contributed by atoms with Crippen LogP contribution in [-0.2, 0) is 5.41 Å². The van der Waals surface area contributed by atoms with E-state index in [-0.39, 0.29) is 5.41 Å². The van der Waals surface area contributed by atoms with Crippen molar-refractivity contribution in [3.63, 3.8) is 0 Å². The van der Waals surface area contributed by atoms with Gasteiger partial charge in [-0.2, -0.15) is 0 Å². The van der Waals surface area contributed by atoms with E-state index in [0.29, 0.717) is 0 Å². The fourth-order valence-corrected chi connectivity index (χ4v) is 16.5. The Kier molecular flexibility index (Phi) is 10.1. The van der Waals surface area contributed by atoms with Crippen molar-refractivity contribution in [3.8, 4) is 50.2 Å². The molecule has 320 valence electrons. The molecule has 0 unspecified atom stereocenters. The molecule has 0 bridgehead atoms. The van der Waals surface area contributed by atoms with Crippen molar-refractivity contribution in [2.24, 2.45) is 0 Å². The number of aromatic nitrogens is 1. The zero-order valence-electron chi connectivity index (χ0n) is 38.0. The minimum atomic E-state index is -2.71. The summed E-state index contributed by atoms with van der Waals surface area (Å²) in [5.41, 5.74) is 16.4. The quantitative estimate of drug-likeness (QED) is 0.0953. The second-order valence-corrected chi connectivity index (χ2v) is 22.1. The highest BCUT2D eigenvalue weighted by molar-refractivity contribution is 7.19. The van der Waals surface area contributed by atoms with Gasteiger partial charge in [-0.3, -0.25) is 0 Å². The van der Waals surface area contributed by atoms with Crippen molar-refractivity contribution in [1.29, 1.82) is 0 Å². The zero-order chi connectivity index (χ0) is 45.0. The van der Waals surface area contributed by atoms with E-state index in [0.717, 1.165) is 18.5 Å². The molecule has 10 aromatic carbocycles. The molecule has 1 aromatic heterocycles. The van der Waals surface area contributed by atoms with Gasteiger partial charge in [0.2, 0.25) is 0 Å². The van der Waals surface area contributed by atoms with E-state index in [2.05, 4.69) is 267 Å². The van der Waals surface area contributed by atoms with Crippen molar-refractivity contribution in [2.45, 2.75) is 32.1 Å². The largest absolute Gasteiger partial charge is 0.309 e. The third kappa shape index (κ3) is 6.50. The average Bonchev–Trinajstić information content (AvgIpc) is 3.89. The standard InChI is InChI=1S/C65H51NSi/c1-3-65(4-2)61-44-49(34-37-57(61)58-38-36-56(45-62(58)65)67(53-26-14-7-15-27-53,54-28-16-8-17-29-54)55-30-18-9-19-31-55)48-35-39-64-60(43-48)59-32-20-21-33-63(59)66(64)52-41-50(46-22-10-5-11-23-46)40-51(42-52)47-24-12-6-13-25-47/h5-45H,3-4H2,1-2H3. The van der Waals surface area contributed by atoms with Crippen LogP contribution in [0.5, 0.6) is 0 Å². The molecule has 1 aliphatic rings. The summed E-state index contributed by atoms with van der Waals surface area (Å²) in [5, 5.41) is 8.16. The summed E-state index contributed by atoms with van der Waals surface area (Å²) in [6.45, 7) is 4.80. The molecule has 0 atom stereocenters. The third-order valence-electron chi connectivity index (χ3n) is 15.0. The van der Waals surface area contributed by atoms with Crippen LogP contribution in [0.2, 0.25) is 0 Å². The summed E-state index contributed by atoms with van der Waals surface area (Å²) in [6.07, 6.45) is 2.04. The molecule has 2 heteroatoms. The minimum absolute atomic E-state index is 0.124. The maximum Gasteiger partial charge on any atom is 0.179 e. The molecule has 0 N–H and O–H groups in total. The van der Waals surface area contributed by atoms with Crippen LogP contribution in [0.15, 0.2) is 249 Å². The number of hydrogen-bond donors (Lipinski definition) is 0. The van der Waals surface area contributed by atoms with Crippen molar-refractivity contribution in [1.82, 2.24) is 4.57 Å². The smallest absolute Gasteiger partial charge is 0.179 e. The lowest BCUT2D eigenvalue weighted by atomic mass is 9.73. The molecular weight excluding hydrogens is 823 g/mol. The summed E-state index contributed by atoms with van der Waals surface area (Å²) in [7, 11) is -2.71. The van der Waals surface area contributed by atoms with Gasteiger partial charge in [0.05, 0.1) is 11.0 Å². The maximum atomic E-state index is 2.64. The lowest BCUT2D eigenvalue weighted by Crippen LogP contribution is -2.74. The molecule has 1 aliphatic carbocycles. The number of para-hydroxylation sites is 1. The van der Waals surface area contributed by atoms with E-state index < -0.39 is 8.07 Å². The summed E-state index contributed by atoms with van der Waals surface area (Å²) in [4.78, 5) is 0. The Morgan fingerprint density at radius 3 is 1.33 bits per heavy atom. The van der Waals surface area contributed by atoms with Gasteiger partial charge in [0.25, 0.3) is 0 Å². The van der Waals surface area contributed by atoms with Gasteiger partial charge >= 0.3 is 0 Å². The molecule has 0 saturated carbocycles. The van der Waals surface area contributed by atoms with Gasteiger partial charge in [0, 0.05) is 21.9 Å². The van der Waals surface area contributed by atoms with Crippen molar-refractivity contribution in [2.75, 3.05) is 0 Å².